The SMILES string of the molecule is CCOc1ccc(N2CC[C@@H](N)C2)cc1. The van der Waals surface area contributed by atoms with Gasteiger partial charge < -0.3 is 15.4 Å². The Morgan fingerprint density at radius 3 is 2.67 bits per heavy atom. The molecule has 0 amide bonds. The van der Waals surface area contributed by atoms with Gasteiger partial charge in [0.05, 0.1) is 6.61 Å². The number of hydrogen-bond donors (Lipinski definition) is 1. The van der Waals surface area contributed by atoms with Crippen LogP contribution in [0.15, 0.2) is 24.3 Å². The molecule has 0 spiro atoms. The lowest BCUT2D eigenvalue weighted by molar-refractivity contribution is 0.340. The molecule has 1 aliphatic rings. The molecule has 15 heavy (non-hydrogen) atoms. The Balaban J connectivity index is 2.03. The lowest BCUT2D eigenvalue weighted by atomic mass is 10.3. The first-order valence-electron chi connectivity index (χ1n) is 5.53. The van der Waals surface area contributed by atoms with Gasteiger partial charge in [0.2, 0.25) is 0 Å². The zero-order valence-electron chi connectivity index (χ0n) is 9.15. The van der Waals surface area contributed by atoms with E-state index in [4.69, 9.17) is 10.5 Å². The fraction of sp³-hybridized carbons (Fsp3) is 0.500. The van der Waals surface area contributed by atoms with Crippen molar-refractivity contribution in [2.75, 3.05) is 24.6 Å². The maximum atomic E-state index is 5.87. The van der Waals surface area contributed by atoms with Crippen molar-refractivity contribution in [2.45, 2.75) is 19.4 Å². The minimum atomic E-state index is 0.330. The summed E-state index contributed by atoms with van der Waals surface area (Å²) in [5, 5.41) is 0. The maximum absolute atomic E-state index is 5.87. The molecule has 0 bridgehead atoms. The first-order chi connectivity index (χ1) is 7.29. The number of rotatable bonds is 3. The summed E-state index contributed by atoms with van der Waals surface area (Å²) in [5.41, 5.74) is 7.12. The predicted octanol–water partition coefficient (Wildman–Crippen LogP) is 1.62. The van der Waals surface area contributed by atoms with Crippen LogP contribution in [0.5, 0.6) is 5.75 Å². The van der Waals surface area contributed by atoms with E-state index in [2.05, 4.69) is 17.0 Å². The van der Waals surface area contributed by atoms with Crippen molar-refractivity contribution in [3.8, 4) is 5.75 Å². The molecule has 1 aromatic carbocycles. The Hall–Kier alpha value is -1.22. The quantitative estimate of drug-likeness (QED) is 0.816. The first-order valence-corrected chi connectivity index (χ1v) is 5.53. The summed E-state index contributed by atoms with van der Waals surface area (Å²) >= 11 is 0. The summed E-state index contributed by atoms with van der Waals surface area (Å²) in [6, 6.07) is 8.56. The van der Waals surface area contributed by atoms with Crippen molar-refractivity contribution < 1.29 is 4.74 Å². The van der Waals surface area contributed by atoms with Gasteiger partial charge in [-0.3, -0.25) is 0 Å². The minimum Gasteiger partial charge on any atom is -0.494 e. The van der Waals surface area contributed by atoms with Gasteiger partial charge in [-0.2, -0.15) is 0 Å². The highest BCUT2D eigenvalue weighted by molar-refractivity contribution is 5.50. The second kappa shape index (κ2) is 4.53. The third kappa shape index (κ3) is 2.42. The predicted molar refractivity (Wildman–Crippen MR) is 62.4 cm³/mol. The lowest BCUT2D eigenvalue weighted by Gasteiger charge is -2.18. The zero-order valence-corrected chi connectivity index (χ0v) is 9.15. The van der Waals surface area contributed by atoms with Gasteiger partial charge >= 0.3 is 0 Å². The van der Waals surface area contributed by atoms with Crippen molar-refractivity contribution >= 4 is 5.69 Å². The van der Waals surface area contributed by atoms with Crippen molar-refractivity contribution in [1.82, 2.24) is 0 Å². The molecule has 1 heterocycles. The average molecular weight is 206 g/mol. The molecule has 82 valence electrons. The normalized spacial score (nSPS) is 20.7. The van der Waals surface area contributed by atoms with E-state index < -0.39 is 0 Å². The Bertz CT molecular complexity index is 310. The molecule has 1 fully saturated rings. The Morgan fingerprint density at radius 2 is 2.13 bits per heavy atom. The van der Waals surface area contributed by atoms with E-state index in [1.165, 1.54) is 5.69 Å². The van der Waals surface area contributed by atoms with Crippen LogP contribution in [0.4, 0.5) is 5.69 Å². The van der Waals surface area contributed by atoms with Crippen LogP contribution in [0.25, 0.3) is 0 Å². The second-order valence-corrected chi connectivity index (χ2v) is 3.92. The van der Waals surface area contributed by atoms with Gasteiger partial charge in [-0.1, -0.05) is 0 Å². The van der Waals surface area contributed by atoms with Crippen LogP contribution in [0.3, 0.4) is 0 Å². The standard InChI is InChI=1S/C12H18N2O/c1-2-15-12-5-3-11(4-6-12)14-8-7-10(13)9-14/h3-6,10H,2,7-9,13H2,1H3/t10-/m1/s1. The Morgan fingerprint density at radius 1 is 1.40 bits per heavy atom. The third-order valence-corrected chi connectivity index (χ3v) is 2.74. The highest BCUT2D eigenvalue weighted by Gasteiger charge is 2.18. The van der Waals surface area contributed by atoms with Crippen LogP contribution in [0.2, 0.25) is 0 Å². The minimum absolute atomic E-state index is 0.330. The molecule has 0 saturated carbocycles. The van der Waals surface area contributed by atoms with Gasteiger partial charge in [-0.15, -0.1) is 0 Å². The summed E-state index contributed by atoms with van der Waals surface area (Å²) < 4.78 is 5.40. The molecule has 2 rings (SSSR count). The van der Waals surface area contributed by atoms with Crippen molar-refractivity contribution in [3.05, 3.63) is 24.3 Å². The van der Waals surface area contributed by atoms with Crippen LogP contribution in [-0.2, 0) is 0 Å². The number of nitrogens with two attached hydrogens (primary N) is 1. The molecule has 1 atom stereocenters. The first kappa shape index (κ1) is 10.3. The highest BCUT2D eigenvalue weighted by Crippen LogP contribution is 2.22. The van der Waals surface area contributed by atoms with E-state index in [9.17, 15) is 0 Å². The fourth-order valence-electron chi connectivity index (χ4n) is 1.94. The smallest absolute Gasteiger partial charge is 0.119 e. The molecule has 2 N–H and O–H groups in total. The van der Waals surface area contributed by atoms with E-state index in [1.54, 1.807) is 0 Å². The van der Waals surface area contributed by atoms with E-state index in [1.807, 2.05) is 19.1 Å². The average Bonchev–Trinajstić information content (AvgIpc) is 2.67. The van der Waals surface area contributed by atoms with Crippen molar-refractivity contribution in [1.29, 1.82) is 0 Å². The number of nitrogens with zero attached hydrogens (tertiary/aromatic N) is 1. The summed E-state index contributed by atoms with van der Waals surface area (Å²) in [6.07, 6.45) is 1.09. The summed E-state index contributed by atoms with van der Waals surface area (Å²) in [5.74, 6) is 0.935. The molecular weight excluding hydrogens is 188 g/mol. The molecule has 1 aliphatic heterocycles. The van der Waals surface area contributed by atoms with E-state index in [-0.39, 0.29) is 0 Å². The molecule has 3 nitrogen and oxygen atoms in total. The fourth-order valence-corrected chi connectivity index (χ4v) is 1.94. The number of anilines is 1. The molecular formula is C12H18N2O. The van der Waals surface area contributed by atoms with Gasteiger partial charge in [0.25, 0.3) is 0 Å². The van der Waals surface area contributed by atoms with Gasteiger partial charge in [-0.05, 0) is 37.6 Å². The number of hydrogen-bond acceptors (Lipinski definition) is 3. The second-order valence-electron chi connectivity index (χ2n) is 3.92. The highest BCUT2D eigenvalue weighted by atomic mass is 16.5. The summed E-state index contributed by atoms with van der Waals surface area (Å²) in [6.45, 7) is 4.74. The Labute approximate surface area is 90.8 Å². The van der Waals surface area contributed by atoms with Crippen LogP contribution < -0.4 is 15.4 Å². The van der Waals surface area contributed by atoms with E-state index >= 15 is 0 Å². The van der Waals surface area contributed by atoms with Gasteiger partial charge in [-0.25, -0.2) is 0 Å². The van der Waals surface area contributed by atoms with Gasteiger partial charge in [0.1, 0.15) is 5.75 Å². The summed E-state index contributed by atoms with van der Waals surface area (Å²) in [4.78, 5) is 2.32. The summed E-state index contributed by atoms with van der Waals surface area (Å²) in [7, 11) is 0. The Kier molecular flexibility index (Phi) is 3.11. The van der Waals surface area contributed by atoms with E-state index in [0.29, 0.717) is 12.6 Å². The molecule has 0 aromatic heterocycles. The molecule has 0 radical (unpaired) electrons. The van der Waals surface area contributed by atoms with Gasteiger partial charge in [0.15, 0.2) is 0 Å². The maximum Gasteiger partial charge on any atom is 0.119 e. The molecule has 0 aliphatic carbocycles. The van der Waals surface area contributed by atoms with Crippen LogP contribution in [-0.4, -0.2) is 25.7 Å². The van der Waals surface area contributed by atoms with Crippen molar-refractivity contribution in [2.24, 2.45) is 5.73 Å². The largest absolute Gasteiger partial charge is 0.494 e. The van der Waals surface area contributed by atoms with Crippen LogP contribution in [0, 0.1) is 0 Å². The van der Waals surface area contributed by atoms with E-state index in [0.717, 1.165) is 25.3 Å². The number of ether oxygens (including phenoxy) is 1. The molecule has 1 saturated heterocycles. The van der Waals surface area contributed by atoms with Crippen LogP contribution in [0.1, 0.15) is 13.3 Å². The van der Waals surface area contributed by atoms with Gasteiger partial charge in [0, 0.05) is 24.8 Å². The molecule has 0 unspecified atom stereocenters. The monoisotopic (exact) mass is 206 g/mol. The topological polar surface area (TPSA) is 38.5 Å². The molecule has 1 aromatic rings. The van der Waals surface area contributed by atoms with Crippen molar-refractivity contribution in [3.63, 3.8) is 0 Å². The zero-order chi connectivity index (χ0) is 10.7. The van der Waals surface area contributed by atoms with Crippen LogP contribution >= 0.6 is 0 Å². The molecule has 3 heteroatoms. The lowest BCUT2D eigenvalue weighted by Crippen LogP contribution is -2.26. The number of benzene rings is 1. The third-order valence-electron chi connectivity index (χ3n) is 2.74.